The fourth-order valence-electron chi connectivity index (χ4n) is 5.07. The number of hydrogen-bond acceptors (Lipinski definition) is 5. The van der Waals surface area contributed by atoms with Crippen LogP contribution in [0.2, 0.25) is 0 Å². The summed E-state index contributed by atoms with van der Waals surface area (Å²) < 4.78 is 137. The molecule has 1 aliphatic carbocycles. The first-order chi connectivity index (χ1) is 16.7. The molecule has 0 radical (unpaired) electrons. The lowest BCUT2D eigenvalue weighted by Gasteiger charge is -2.49. The summed E-state index contributed by atoms with van der Waals surface area (Å²) in [5.74, 6) is -4.35. The van der Waals surface area contributed by atoms with Crippen molar-refractivity contribution in [2.24, 2.45) is 11.8 Å². The molecule has 4 rings (SSSR count). The summed E-state index contributed by atoms with van der Waals surface area (Å²) in [4.78, 5) is -0.266. The van der Waals surface area contributed by atoms with Gasteiger partial charge in [0, 0.05) is 12.5 Å². The molecule has 0 aromatic heterocycles. The van der Waals surface area contributed by atoms with E-state index in [1.165, 1.54) is 16.9 Å². The van der Waals surface area contributed by atoms with Gasteiger partial charge >= 0.3 is 15.5 Å². The van der Waals surface area contributed by atoms with E-state index in [2.05, 4.69) is 0 Å². The van der Waals surface area contributed by atoms with Crippen LogP contribution in [-0.2, 0) is 31.3 Å². The SMILES string of the molecule is O=S(=O)(NC[C@@H]1CC[C@@]2(S(=O)(=O)c3ccc(CF)cc3)c3c(F)ccc(F)c3OC[C@H]2C1)C(F)(F)F. The Kier molecular flexibility index (Phi) is 6.84. The van der Waals surface area contributed by atoms with Crippen LogP contribution >= 0.6 is 0 Å². The Morgan fingerprint density at radius 3 is 2.25 bits per heavy atom. The molecule has 14 heteroatoms. The molecule has 2 aromatic carbocycles. The Hall–Kier alpha value is -2.32. The molecule has 6 nitrogen and oxygen atoms in total. The molecule has 3 atom stereocenters. The van der Waals surface area contributed by atoms with Gasteiger partial charge in [-0.3, -0.25) is 0 Å². The average molecular weight is 558 g/mol. The molecule has 1 fully saturated rings. The van der Waals surface area contributed by atoms with E-state index >= 15 is 4.39 Å². The van der Waals surface area contributed by atoms with Crippen LogP contribution in [0, 0.1) is 23.5 Å². The molecule has 0 unspecified atom stereocenters. The largest absolute Gasteiger partial charge is 0.511 e. The zero-order valence-electron chi connectivity index (χ0n) is 18.5. The highest BCUT2D eigenvalue weighted by Gasteiger charge is 2.59. The average Bonchev–Trinajstić information content (AvgIpc) is 2.83. The van der Waals surface area contributed by atoms with Crippen LogP contribution in [-0.4, -0.2) is 35.5 Å². The smallest absolute Gasteiger partial charge is 0.490 e. The molecule has 1 N–H and O–H groups in total. The summed E-state index contributed by atoms with van der Waals surface area (Å²) in [6, 6.07) is 6.38. The molecular weight excluding hydrogens is 536 g/mol. The van der Waals surface area contributed by atoms with E-state index in [9.17, 15) is 38.8 Å². The van der Waals surface area contributed by atoms with Crippen molar-refractivity contribution in [2.45, 2.75) is 41.1 Å². The highest BCUT2D eigenvalue weighted by atomic mass is 32.2. The number of rotatable bonds is 6. The molecule has 2 aromatic rings. The Morgan fingerprint density at radius 1 is 1.00 bits per heavy atom. The lowest BCUT2D eigenvalue weighted by atomic mass is 9.69. The minimum atomic E-state index is -5.62. The lowest BCUT2D eigenvalue weighted by Crippen LogP contribution is -2.53. The van der Waals surface area contributed by atoms with Crippen LogP contribution in [0.1, 0.15) is 30.4 Å². The van der Waals surface area contributed by atoms with Crippen molar-refractivity contribution in [1.82, 2.24) is 4.72 Å². The quantitative estimate of drug-likeness (QED) is 0.534. The molecular formula is C22H21F6NO5S2. The molecule has 0 bridgehead atoms. The van der Waals surface area contributed by atoms with Gasteiger partial charge in [-0.15, -0.1) is 0 Å². The van der Waals surface area contributed by atoms with Gasteiger partial charge in [0.1, 0.15) is 17.2 Å². The van der Waals surface area contributed by atoms with Crippen molar-refractivity contribution in [3.63, 3.8) is 0 Å². The van der Waals surface area contributed by atoms with Crippen molar-refractivity contribution >= 4 is 19.9 Å². The third-order valence-corrected chi connectivity index (χ3v) is 10.6. The zero-order valence-corrected chi connectivity index (χ0v) is 20.1. The van der Waals surface area contributed by atoms with E-state index in [-0.39, 0.29) is 29.7 Å². The second-order valence-electron chi connectivity index (χ2n) is 8.85. The Morgan fingerprint density at radius 2 is 1.64 bits per heavy atom. The minimum absolute atomic E-state index is 0.103. The van der Waals surface area contributed by atoms with Gasteiger partial charge in [0.15, 0.2) is 21.4 Å². The Labute approximate surface area is 203 Å². The standard InChI is InChI=1S/C22H21F6NO5S2/c23-10-13-1-3-16(4-2-13)35(30,31)21-8-7-14(11-29-36(32,33)22(26,27)28)9-15(21)12-34-20-18(25)6-5-17(24)19(20)21/h1-6,14-15,29H,7-12H2/t14-,15-,21+/m1/s1. The van der Waals surface area contributed by atoms with Crippen molar-refractivity contribution in [1.29, 1.82) is 0 Å². The first-order valence-corrected chi connectivity index (χ1v) is 13.8. The molecule has 0 amide bonds. The first kappa shape index (κ1) is 26.7. The predicted octanol–water partition coefficient (Wildman–Crippen LogP) is 4.35. The predicted molar refractivity (Wildman–Crippen MR) is 116 cm³/mol. The molecule has 36 heavy (non-hydrogen) atoms. The number of sulfonamides is 1. The van der Waals surface area contributed by atoms with E-state index < -0.39 is 84.7 Å². The van der Waals surface area contributed by atoms with Crippen molar-refractivity contribution in [3.8, 4) is 5.75 Å². The van der Waals surface area contributed by atoms with Gasteiger partial charge in [-0.1, -0.05) is 12.1 Å². The number of halogens is 6. The fourth-order valence-corrected chi connectivity index (χ4v) is 8.05. The highest BCUT2D eigenvalue weighted by Crippen LogP contribution is 2.57. The van der Waals surface area contributed by atoms with Crippen LogP contribution in [0.25, 0.3) is 0 Å². The summed E-state index contributed by atoms with van der Waals surface area (Å²) in [5, 5.41) is 0. The van der Waals surface area contributed by atoms with E-state index in [0.717, 1.165) is 24.3 Å². The van der Waals surface area contributed by atoms with E-state index in [1.54, 1.807) is 0 Å². The molecule has 1 heterocycles. The van der Waals surface area contributed by atoms with Crippen LogP contribution < -0.4 is 9.46 Å². The summed E-state index contributed by atoms with van der Waals surface area (Å²) in [7, 11) is -10.1. The Balaban J connectivity index is 1.77. The van der Waals surface area contributed by atoms with Crippen LogP contribution in [0.3, 0.4) is 0 Å². The molecule has 1 saturated carbocycles. The maximum absolute atomic E-state index is 15.2. The van der Waals surface area contributed by atoms with Crippen LogP contribution in [0.15, 0.2) is 41.3 Å². The van der Waals surface area contributed by atoms with Crippen molar-refractivity contribution in [2.75, 3.05) is 13.2 Å². The summed E-state index contributed by atoms with van der Waals surface area (Å²) >= 11 is 0. The minimum Gasteiger partial charge on any atom is -0.490 e. The molecule has 2 aliphatic rings. The second kappa shape index (κ2) is 9.21. The van der Waals surface area contributed by atoms with Crippen molar-refractivity contribution in [3.05, 3.63) is 59.2 Å². The molecule has 0 spiro atoms. The first-order valence-electron chi connectivity index (χ1n) is 10.8. The number of sulfone groups is 1. The van der Waals surface area contributed by atoms with Gasteiger partial charge in [0.05, 0.1) is 17.1 Å². The lowest BCUT2D eigenvalue weighted by molar-refractivity contribution is -0.0449. The zero-order chi connectivity index (χ0) is 26.5. The van der Waals surface area contributed by atoms with Gasteiger partial charge in [-0.05, 0) is 55.0 Å². The second-order valence-corrected chi connectivity index (χ2v) is 12.8. The monoisotopic (exact) mass is 557 g/mol. The molecule has 0 saturated heterocycles. The highest BCUT2D eigenvalue weighted by molar-refractivity contribution is 7.92. The topological polar surface area (TPSA) is 89.5 Å². The number of nitrogens with one attached hydrogen (secondary N) is 1. The third kappa shape index (κ3) is 4.26. The number of benzene rings is 2. The molecule has 198 valence electrons. The molecule has 1 aliphatic heterocycles. The summed E-state index contributed by atoms with van der Waals surface area (Å²) in [6.45, 7) is -1.87. The summed E-state index contributed by atoms with van der Waals surface area (Å²) in [5.41, 5.74) is -5.83. The van der Waals surface area contributed by atoms with E-state index in [4.69, 9.17) is 4.74 Å². The van der Waals surface area contributed by atoms with Gasteiger partial charge < -0.3 is 4.74 Å². The number of alkyl halides is 4. The normalized spacial score (nSPS) is 24.5. The van der Waals surface area contributed by atoms with Gasteiger partial charge in [0.25, 0.3) is 0 Å². The van der Waals surface area contributed by atoms with Gasteiger partial charge in [0.2, 0.25) is 0 Å². The van der Waals surface area contributed by atoms with E-state index in [1.807, 2.05) is 0 Å². The fraction of sp³-hybridized carbons (Fsp3) is 0.455. The number of fused-ring (bicyclic) bond motifs is 3. The maximum Gasteiger partial charge on any atom is 0.511 e. The number of ether oxygens (including phenoxy) is 1. The van der Waals surface area contributed by atoms with Crippen LogP contribution in [0.5, 0.6) is 5.75 Å². The van der Waals surface area contributed by atoms with Crippen LogP contribution in [0.4, 0.5) is 26.3 Å². The van der Waals surface area contributed by atoms with Gasteiger partial charge in [-0.25, -0.2) is 34.7 Å². The number of hydrogen-bond donors (Lipinski definition) is 1. The van der Waals surface area contributed by atoms with E-state index in [0.29, 0.717) is 0 Å². The van der Waals surface area contributed by atoms with Crippen molar-refractivity contribution < 1.29 is 47.9 Å². The Bertz CT molecular complexity index is 1360. The summed E-state index contributed by atoms with van der Waals surface area (Å²) in [6.07, 6.45) is -0.578. The maximum atomic E-state index is 15.2. The third-order valence-electron chi connectivity index (χ3n) is 6.85. The van der Waals surface area contributed by atoms with Gasteiger partial charge in [-0.2, -0.15) is 13.2 Å².